The lowest BCUT2D eigenvalue weighted by Gasteiger charge is -2.30. The molecule has 49 heavy (non-hydrogen) atoms. The number of carbonyl (C=O) groups is 1. The standard InChI is InChI=1S/C40H83N2O6P/c1-6-8-10-12-14-16-17-18-19-20-21-22-23-24-26-28-30-32-34-40(44)41-38(37-48-49(45,46)47-36-35-42(3,4)5)39(43)33-31-29-27-25-15-13-11-9-7-2/h38-39,43H,6-37H2,1-5H3,(H-,41,44,45,46)/t38-,39+/m0/s1. The van der Waals surface area contributed by atoms with Gasteiger partial charge in [0.15, 0.2) is 0 Å². The number of rotatable bonds is 38. The molecule has 0 rings (SSSR count). The van der Waals surface area contributed by atoms with E-state index in [4.69, 9.17) is 9.05 Å². The molecule has 2 N–H and O–H groups in total. The van der Waals surface area contributed by atoms with Gasteiger partial charge in [0.2, 0.25) is 5.91 Å². The number of aliphatic hydroxyl groups is 1. The highest BCUT2D eigenvalue weighted by atomic mass is 31.2. The number of phosphoric acid groups is 1. The summed E-state index contributed by atoms with van der Waals surface area (Å²) in [7, 11) is 1.31. The van der Waals surface area contributed by atoms with Gasteiger partial charge in [0, 0.05) is 6.42 Å². The van der Waals surface area contributed by atoms with Gasteiger partial charge in [0.1, 0.15) is 13.2 Å². The topological polar surface area (TPSA) is 108 Å². The summed E-state index contributed by atoms with van der Waals surface area (Å²) in [6.45, 7) is 4.70. The highest BCUT2D eigenvalue weighted by Crippen LogP contribution is 2.38. The minimum Gasteiger partial charge on any atom is -0.756 e. The third-order valence-electron chi connectivity index (χ3n) is 9.60. The Morgan fingerprint density at radius 2 is 1.00 bits per heavy atom. The monoisotopic (exact) mass is 719 g/mol. The molecule has 0 saturated heterocycles. The van der Waals surface area contributed by atoms with Crippen molar-refractivity contribution >= 4 is 13.7 Å². The Balaban J connectivity index is 4.26. The first-order chi connectivity index (χ1) is 23.5. The molecule has 0 fully saturated rings. The second-order valence-electron chi connectivity index (χ2n) is 15.7. The van der Waals surface area contributed by atoms with Crippen LogP contribution in [0.25, 0.3) is 0 Å². The number of aliphatic hydroxyl groups excluding tert-OH is 1. The Bertz CT molecular complexity index is 778. The molecule has 294 valence electrons. The molecule has 8 nitrogen and oxygen atoms in total. The minimum absolute atomic E-state index is 0.0155. The van der Waals surface area contributed by atoms with E-state index in [0.29, 0.717) is 23.9 Å². The normalized spacial score (nSPS) is 14.5. The van der Waals surface area contributed by atoms with Crippen molar-refractivity contribution in [1.82, 2.24) is 5.32 Å². The summed E-state index contributed by atoms with van der Waals surface area (Å²) in [6.07, 6.45) is 33.9. The van der Waals surface area contributed by atoms with E-state index in [-0.39, 0.29) is 19.1 Å². The van der Waals surface area contributed by atoms with Gasteiger partial charge in [-0.05, 0) is 12.8 Å². The molecular weight excluding hydrogens is 635 g/mol. The van der Waals surface area contributed by atoms with Crippen LogP contribution in [0.5, 0.6) is 0 Å². The van der Waals surface area contributed by atoms with Crippen molar-refractivity contribution in [3.63, 3.8) is 0 Å². The van der Waals surface area contributed by atoms with E-state index >= 15 is 0 Å². The molecule has 0 aliphatic heterocycles. The Kier molecular flexibility index (Phi) is 33.0. The summed E-state index contributed by atoms with van der Waals surface area (Å²) in [5, 5.41) is 13.8. The lowest BCUT2D eigenvalue weighted by Crippen LogP contribution is -2.46. The highest BCUT2D eigenvalue weighted by molar-refractivity contribution is 7.45. The number of nitrogens with zero attached hydrogens (tertiary/aromatic N) is 1. The summed E-state index contributed by atoms with van der Waals surface area (Å²) in [4.78, 5) is 25.2. The van der Waals surface area contributed by atoms with Crippen molar-refractivity contribution in [3.8, 4) is 0 Å². The lowest BCUT2D eigenvalue weighted by atomic mass is 10.0. The number of amides is 1. The Hall–Kier alpha value is -0.500. The van der Waals surface area contributed by atoms with Crippen LogP contribution in [-0.2, 0) is 18.4 Å². The van der Waals surface area contributed by atoms with E-state index < -0.39 is 20.0 Å². The number of nitrogens with one attached hydrogen (secondary N) is 1. The van der Waals surface area contributed by atoms with Gasteiger partial charge in [-0.1, -0.05) is 181 Å². The third kappa shape index (κ3) is 35.7. The van der Waals surface area contributed by atoms with Crippen LogP contribution in [0.3, 0.4) is 0 Å². The van der Waals surface area contributed by atoms with Crippen molar-refractivity contribution in [2.75, 3.05) is 40.9 Å². The van der Waals surface area contributed by atoms with Gasteiger partial charge in [-0.15, -0.1) is 0 Å². The third-order valence-corrected chi connectivity index (χ3v) is 10.6. The number of phosphoric ester groups is 1. The number of quaternary nitrogens is 1. The van der Waals surface area contributed by atoms with Crippen LogP contribution in [-0.4, -0.2) is 68.5 Å². The maximum absolute atomic E-state index is 12.8. The van der Waals surface area contributed by atoms with Gasteiger partial charge in [-0.2, -0.15) is 0 Å². The fourth-order valence-electron chi connectivity index (χ4n) is 6.22. The van der Waals surface area contributed by atoms with Crippen LogP contribution in [0.4, 0.5) is 0 Å². The molecule has 0 bridgehead atoms. The SMILES string of the molecule is CCCCCCCCCCCCCCCCCCCCC(=O)N[C@@H](COP(=O)([O-])OCC[N+](C)(C)C)[C@H](O)CCCCCCCCCCC. The largest absolute Gasteiger partial charge is 0.756 e. The first-order valence-electron chi connectivity index (χ1n) is 20.9. The molecule has 1 amide bonds. The van der Waals surface area contributed by atoms with Gasteiger partial charge in [0.25, 0.3) is 7.82 Å². The first-order valence-corrected chi connectivity index (χ1v) is 22.3. The van der Waals surface area contributed by atoms with Gasteiger partial charge in [-0.3, -0.25) is 9.36 Å². The molecule has 0 radical (unpaired) electrons. The van der Waals surface area contributed by atoms with E-state index in [2.05, 4.69) is 19.2 Å². The molecule has 0 saturated carbocycles. The predicted molar refractivity (Wildman–Crippen MR) is 206 cm³/mol. The van der Waals surface area contributed by atoms with E-state index in [1.165, 1.54) is 135 Å². The van der Waals surface area contributed by atoms with Crippen molar-refractivity contribution in [2.24, 2.45) is 0 Å². The van der Waals surface area contributed by atoms with Crippen molar-refractivity contribution in [1.29, 1.82) is 0 Å². The van der Waals surface area contributed by atoms with E-state index in [1.807, 2.05) is 21.1 Å². The molecule has 3 atom stereocenters. The van der Waals surface area contributed by atoms with Crippen LogP contribution < -0.4 is 10.2 Å². The van der Waals surface area contributed by atoms with Crippen LogP contribution in [0.15, 0.2) is 0 Å². The van der Waals surface area contributed by atoms with Gasteiger partial charge in [0.05, 0.1) is 39.9 Å². The number of carbonyl (C=O) groups excluding carboxylic acids is 1. The zero-order valence-corrected chi connectivity index (χ0v) is 34.1. The maximum atomic E-state index is 12.8. The van der Waals surface area contributed by atoms with Crippen molar-refractivity contribution in [2.45, 2.75) is 212 Å². The molecule has 0 aromatic heterocycles. The summed E-state index contributed by atoms with van der Waals surface area (Å²) >= 11 is 0. The number of hydrogen-bond acceptors (Lipinski definition) is 6. The zero-order valence-electron chi connectivity index (χ0n) is 33.2. The molecule has 9 heteroatoms. The van der Waals surface area contributed by atoms with Gasteiger partial charge < -0.3 is 28.8 Å². The van der Waals surface area contributed by atoms with Crippen LogP contribution in [0.1, 0.15) is 200 Å². The van der Waals surface area contributed by atoms with Crippen molar-refractivity contribution < 1.29 is 32.9 Å². The molecule has 1 unspecified atom stereocenters. The smallest absolute Gasteiger partial charge is 0.268 e. The Morgan fingerprint density at radius 1 is 0.633 bits per heavy atom. The maximum Gasteiger partial charge on any atom is 0.268 e. The molecule has 0 aromatic rings. The molecule has 0 spiro atoms. The van der Waals surface area contributed by atoms with Crippen molar-refractivity contribution in [3.05, 3.63) is 0 Å². The van der Waals surface area contributed by atoms with E-state index in [0.717, 1.165) is 38.5 Å². The van der Waals surface area contributed by atoms with E-state index in [1.54, 1.807) is 0 Å². The summed E-state index contributed by atoms with van der Waals surface area (Å²) < 4.78 is 23.2. The average Bonchev–Trinajstić information content (AvgIpc) is 3.04. The fraction of sp³-hybridized carbons (Fsp3) is 0.975. The molecule has 0 heterocycles. The lowest BCUT2D eigenvalue weighted by molar-refractivity contribution is -0.870. The highest BCUT2D eigenvalue weighted by Gasteiger charge is 2.24. The second kappa shape index (κ2) is 33.3. The Morgan fingerprint density at radius 3 is 1.39 bits per heavy atom. The van der Waals surface area contributed by atoms with Crippen LogP contribution in [0, 0.1) is 0 Å². The summed E-state index contributed by atoms with van der Waals surface area (Å²) in [5.41, 5.74) is 0. The van der Waals surface area contributed by atoms with Gasteiger partial charge in [-0.25, -0.2) is 0 Å². The van der Waals surface area contributed by atoms with Crippen LogP contribution in [0.2, 0.25) is 0 Å². The summed E-state index contributed by atoms with van der Waals surface area (Å²) in [5.74, 6) is -0.164. The zero-order chi connectivity index (χ0) is 36.5. The molecule has 0 aliphatic rings. The molecule has 0 aliphatic carbocycles. The number of unbranched alkanes of at least 4 members (excludes halogenated alkanes) is 25. The number of hydrogen-bond donors (Lipinski definition) is 2. The first kappa shape index (κ1) is 48.5. The minimum atomic E-state index is -4.55. The second-order valence-corrected chi connectivity index (χ2v) is 17.1. The number of likely N-dealkylation sites (N-methyl/N-ethyl adjacent to an activating group) is 1. The quantitative estimate of drug-likeness (QED) is 0.0374. The summed E-state index contributed by atoms with van der Waals surface area (Å²) in [6, 6.07) is -0.790. The predicted octanol–water partition coefficient (Wildman–Crippen LogP) is 10.4. The Labute approximate surface area is 304 Å². The molecule has 0 aromatic carbocycles. The van der Waals surface area contributed by atoms with Crippen LogP contribution >= 0.6 is 7.82 Å². The fourth-order valence-corrected chi connectivity index (χ4v) is 6.94. The van der Waals surface area contributed by atoms with E-state index in [9.17, 15) is 19.4 Å². The average molecular weight is 719 g/mol. The molecular formula is C40H83N2O6P. The van der Waals surface area contributed by atoms with Gasteiger partial charge >= 0.3 is 0 Å².